The molecule has 2 rings (SSSR count). The van der Waals surface area contributed by atoms with Gasteiger partial charge in [0.2, 0.25) is 0 Å². The van der Waals surface area contributed by atoms with Crippen LogP contribution in [0.2, 0.25) is 0 Å². The van der Waals surface area contributed by atoms with Crippen molar-refractivity contribution in [2.24, 2.45) is 0 Å². The zero-order valence-corrected chi connectivity index (χ0v) is 17.1. The van der Waals surface area contributed by atoms with Gasteiger partial charge < -0.3 is 18.9 Å². The molecule has 0 aliphatic heterocycles. The molecule has 0 heterocycles. The summed E-state index contributed by atoms with van der Waals surface area (Å²) >= 11 is 0. The summed E-state index contributed by atoms with van der Waals surface area (Å²) < 4.78 is 21.7. The molecule has 0 amide bonds. The predicted octanol–water partition coefficient (Wildman–Crippen LogP) is 5.55. The third-order valence-corrected chi connectivity index (χ3v) is 4.34. The van der Waals surface area contributed by atoms with E-state index in [0.717, 1.165) is 50.4 Å². The maximum atomic E-state index is 5.71. The van der Waals surface area contributed by atoms with Gasteiger partial charge in [-0.05, 0) is 61.1 Å². The Morgan fingerprint density at radius 3 is 1.36 bits per heavy atom. The van der Waals surface area contributed by atoms with Gasteiger partial charge in [-0.15, -0.1) is 0 Å². The van der Waals surface area contributed by atoms with Crippen LogP contribution in [0.15, 0.2) is 60.7 Å². The summed E-state index contributed by atoms with van der Waals surface area (Å²) in [6.07, 6.45) is 8.66. The summed E-state index contributed by atoms with van der Waals surface area (Å²) in [4.78, 5) is 0. The highest BCUT2D eigenvalue weighted by atomic mass is 16.5. The molecule has 4 heteroatoms. The monoisotopic (exact) mass is 384 g/mol. The number of unbranched alkanes of at least 4 members (excludes halogenated alkanes) is 2. The molecule has 0 atom stereocenters. The Morgan fingerprint density at radius 1 is 0.607 bits per heavy atom. The Labute approximate surface area is 169 Å². The zero-order chi connectivity index (χ0) is 19.9. The minimum Gasteiger partial charge on any atom is -0.497 e. The molecule has 0 bridgehead atoms. The van der Waals surface area contributed by atoms with Crippen molar-refractivity contribution in [1.29, 1.82) is 0 Å². The van der Waals surface area contributed by atoms with Crippen LogP contribution in [0.25, 0.3) is 0 Å². The van der Waals surface area contributed by atoms with Crippen molar-refractivity contribution in [3.63, 3.8) is 0 Å². The average molecular weight is 385 g/mol. The lowest BCUT2D eigenvalue weighted by atomic mass is 10.2. The van der Waals surface area contributed by atoms with Gasteiger partial charge in [0.25, 0.3) is 0 Å². The molecule has 0 fully saturated rings. The summed E-state index contributed by atoms with van der Waals surface area (Å²) in [5.74, 6) is 1.75. The third-order valence-electron chi connectivity index (χ3n) is 4.34. The van der Waals surface area contributed by atoms with Crippen LogP contribution < -0.4 is 9.47 Å². The SMILES string of the molecule is COc1ccc(COCCC/C=C/CCCOCc2ccc(OC)cc2)cc1. The van der Waals surface area contributed by atoms with Crippen LogP contribution in [0.4, 0.5) is 0 Å². The largest absolute Gasteiger partial charge is 0.497 e. The molecule has 152 valence electrons. The second-order valence-electron chi connectivity index (χ2n) is 6.56. The van der Waals surface area contributed by atoms with Gasteiger partial charge in [0.05, 0.1) is 27.4 Å². The fraction of sp³-hybridized carbons (Fsp3) is 0.417. The van der Waals surface area contributed by atoms with Crippen molar-refractivity contribution in [3.05, 3.63) is 71.8 Å². The van der Waals surface area contributed by atoms with Gasteiger partial charge in [0, 0.05) is 13.2 Å². The molecule has 4 nitrogen and oxygen atoms in total. The third kappa shape index (κ3) is 9.07. The first-order chi connectivity index (χ1) is 13.8. The normalized spacial score (nSPS) is 11.1. The summed E-state index contributed by atoms with van der Waals surface area (Å²) in [7, 11) is 3.35. The fourth-order valence-electron chi connectivity index (χ4n) is 2.67. The van der Waals surface area contributed by atoms with Crippen LogP contribution in [0.1, 0.15) is 36.8 Å². The average Bonchev–Trinajstić information content (AvgIpc) is 2.75. The van der Waals surface area contributed by atoms with E-state index in [2.05, 4.69) is 12.2 Å². The van der Waals surface area contributed by atoms with Gasteiger partial charge >= 0.3 is 0 Å². The highest BCUT2D eigenvalue weighted by molar-refractivity contribution is 5.27. The first-order valence-corrected chi connectivity index (χ1v) is 9.88. The molecule has 0 unspecified atom stereocenters. The first-order valence-electron chi connectivity index (χ1n) is 9.88. The van der Waals surface area contributed by atoms with Crippen molar-refractivity contribution in [2.75, 3.05) is 27.4 Å². The highest BCUT2D eigenvalue weighted by Crippen LogP contribution is 2.13. The van der Waals surface area contributed by atoms with E-state index < -0.39 is 0 Å². The van der Waals surface area contributed by atoms with E-state index in [1.807, 2.05) is 48.5 Å². The molecule has 0 aliphatic carbocycles. The summed E-state index contributed by atoms with van der Waals surface area (Å²) in [5, 5.41) is 0. The van der Waals surface area contributed by atoms with Crippen molar-refractivity contribution in [1.82, 2.24) is 0 Å². The van der Waals surface area contributed by atoms with Crippen LogP contribution in [0.3, 0.4) is 0 Å². The maximum absolute atomic E-state index is 5.71. The van der Waals surface area contributed by atoms with Crippen molar-refractivity contribution < 1.29 is 18.9 Å². The smallest absolute Gasteiger partial charge is 0.118 e. The van der Waals surface area contributed by atoms with E-state index in [9.17, 15) is 0 Å². The van der Waals surface area contributed by atoms with Crippen molar-refractivity contribution in [3.8, 4) is 11.5 Å². The van der Waals surface area contributed by atoms with Crippen LogP contribution in [0, 0.1) is 0 Å². The molecule has 0 aromatic heterocycles. The molecular formula is C24H32O4. The number of allylic oxidation sites excluding steroid dienone is 2. The van der Waals surface area contributed by atoms with Crippen molar-refractivity contribution >= 4 is 0 Å². The molecule has 2 aromatic rings. The first kappa shape index (κ1) is 22.0. The summed E-state index contributed by atoms with van der Waals surface area (Å²) in [6.45, 7) is 2.86. The van der Waals surface area contributed by atoms with Gasteiger partial charge in [-0.3, -0.25) is 0 Å². The molecule has 0 radical (unpaired) electrons. The Morgan fingerprint density at radius 2 is 1.00 bits per heavy atom. The Balaban J connectivity index is 1.41. The number of rotatable bonds is 14. The Bertz CT molecular complexity index is 603. The van der Waals surface area contributed by atoms with Gasteiger partial charge in [0.15, 0.2) is 0 Å². The summed E-state index contributed by atoms with van der Waals surface area (Å²) in [6, 6.07) is 16.0. The molecule has 28 heavy (non-hydrogen) atoms. The maximum Gasteiger partial charge on any atom is 0.118 e. The molecule has 0 N–H and O–H groups in total. The highest BCUT2D eigenvalue weighted by Gasteiger charge is 1.96. The minimum atomic E-state index is 0.652. The van der Waals surface area contributed by atoms with E-state index in [-0.39, 0.29) is 0 Å². The zero-order valence-electron chi connectivity index (χ0n) is 17.1. The van der Waals surface area contributed by atoms with E-state index in [1.165, 1.54) is 11.1 Å². The van der Waals surface area contributed by atoms with E-state index in [0.29, 0.717) is 13.2 Å². The number of benzene rings is 2. The molecule has 2 aromatic carbocycles. The molecule has 0 spiro atoms. The van der Waals surface area contributed by atoms with Crippen LogP contribution in [0.5, 0.6) is 11.5 Å². The Hall–Kier alpha value is -2.30. The van der Waals surface area contributed by atoms with E-state index >= 15 is 0 Å². The van der Waals surface area contributed by atoms with Crippen LogP contribution in [-0.4, -0.2) is 27.4 Å². The quantitative estimate of drug-likeness (QED) is 0.316. The molecule has 0 saturated carbocycles. The van der Waals surface area contributed by atoms with Gasteiger partial charge in [-0.25, -0.2) is 0 Å². The number of methoxy groups -OCH3 is 2. The van der Waals surface area contributed by atoms with Gasteiger partial charge in [-0.2, -0.15) is 0 Å². The van der Waals surface area contributed by atoms with Gasteiger partial charge in [-0.1, -0.05) is 36.4 Å². The van der Waals surface area contributed by atoms with E-state index in [4.69, 9.17) is 18.9 Å². The number of ether oxygens (including phenoxy) is 4. The fourth-order valence-corrected chi connectivity index (χ4v) is 2.67. The molecule has 0 saturated heterocycles. The lowest BCUT2D eigenvalue weighted by Crippen LogP contribution is -1.95. The van der Waals surface area contributed by atoms with Crippen LogP contribution >= 0.6 is 0 Å². The topological polar surface area (TPSA) is 36.9 Å². The van der Waals surface area contributed by atoms with Gasteiger partial charge in [0.1, 0.15) is 11.5 Å². The minimum absolute atomic E-state index is 0.652. The Kier molecular flexibility index (Phi) is 10.8. The lowest BCUT2D eigenvalue weighted by molar-refractivity contribution is 0.118. The van der Waals surface area contributed by atoms with Crippen LogP contribution in [-0.2, 0) is 22.7 Å². The standard InChI is InChI=1S/C24H32O4/c1-25-23-13-9-21(10-14-23)19-27-17-7-5-3-4-6-8-18-28-20-22-11-15-24(26-2)16-12-22/h3-4,9-16H,5-8,17-20H2,1-2H3/b4-3+. The predicted molar refractivity (Wildman–Crippen MR) is 113 cm³/mol. The summed E-state index contributed by atoms with van der Waals surface area (Å²) in [5.41, 5.74) is 2.34. The van der Waals surface area contributed by atoms with Crippen molar-refractivity contribution in [2.45, 2.75) is 38.9 Å². The molecule has 0 aliphatic rings. The second-order valence-corrected chi connectivity index (χ2v) is 6.56. The molecular weight excluding hydrogens is 352 g/mol. The number of hydrogen-bond donors (Lipinski definition) is 0. The lowest BCUT2D eigenvalue weighted by Gasteiger charge is -2.05. The second kappa shape index (κ2) is 13.8. The number of hydrogen-bond acceptors (Lipinski definition) is 4. The van der Waals surface area contributed by atoms with E-state index in [1.54, 1.807) is 14.2 Å².